The standard InChI is InChI=1S/C16H24NO6P/c1-11(2)14(16(19)21-3)17-15(18)13-8-6-12(7-9-13)10-24(20,22-4)23-5/h6-9,11,14H,10H2,1-5H3,(H,17,18)/t14-/m0/s1. The molecular formula is C16H24NO6P. The van der Waals surface area contributed by atoms with Crippen LogP contribution in [0.2, 0.25) is 0 Å². The van der Waals surface area contributed by atoms with Crippen molar-refractivity contribution >= 4 is 19.5 Å². The third-order valence-corrected chi connectivity index (χ3v) is 5.42. The summed E-state index contributed by atoms with van der Waals surface area (Å²) in [5.74, 6) is -0.974. The normalized spacial score (nSPS) is 12.8. The highest BCUT2D eigenvalue weighted by Crippen LogP contribution is 2.49. The van der Waals surface area contributed by atoms with Gasteiger partial charge in [-0.25, -0.2) is 4.79 Å². The lowest BCUT2D eigenvalue weighted by Gasteiger charge is -2.20. The van der Waals surface area contributed by atoms with E-state index in [1.807, 2.05) is 13.8 Å². The maximum atomic E-state index is 12.3. The second-order valence-corrected chi connectivity index (χ2v) is 7.82. The van der Waals surface area contributed by atoms with E-state index >= 15 is 0 Å². The van der Waals surface area contributed by atoms with Crippen molar-refractivity contribution in [1.29, 1.82) is 0 Å². The Morgan fingerprint density at radius 1 is 1.08 bits per heavy atom. The Labute approximate surface area is 142 Å². The molecule has 0 bridgehead atoms. The zero-order valence-corrected chi connectivity index (χ0v) is 15.5. The predicted molar refractivity (Wildman–Crippen MR) is 89.9 cm³/mol. The Hall–Kier alpha value is -1.69. The molecule has 0 aromatic heterocycles. The van der Waals surface area contributed by atoms with Crippen molar-refractivity contribution < 1.29 is 27.9 Å². The van der Waals surface area contributed by atoms with Crippen molar-refractivity contribution in [2.24, 2.45) is 5.92 Å². The van der Waals surface area contributed by atoms with Crippen molar-refractivity contribution in [1.82, 2.24) is 5.32 Å². The Morgan fingerprint density at radius 3 is 2.04 bits per heavy atom. The molecule has 0 heterocycles. The van der Waals surface area contributed by atoms with Gasteiger partial charge in [-0.05, 0) is 23.6 Å². The van der Waals surface area contributed by atoms with Gasteiger partial charge in [0.25, 0.3) is 5.91 Å². The number of rotatable bonds is 8. The van der Waals surface area contributed by atoms with E-state index in [2.05, 4.69) is 5.32 Å². The van der Waals surface area contributed by atoms with Crippen molar-refractivity contribution in [3.8, 4) is 0 Å². The Bertz CT molecular complexity index is 605. The molecule has 0 aliphatic carbocycles. The van der Waals surface area contributed by atoms with E-state index in [0.29, 0.717) is 11.1 Å². The largest absolute Gasteiger partial charge is 0.467 e. The molecule has 1 aromatic rings. The summed E-state index contributed by atoms with van der Waals surface area (Å²) in [5.41, 5.74) is 1.10. The second kappa shape index (κ2) is 8.97. The molecule has 24 heavy (non-hydrogen) atoms. The smallest absolute Gasteiger partial charge is 0.334 e. The third kappa shape index (κ3) is 5.44. The fourth-order valence-corrected chi connectivity index (χ4v) is 3.10. The first-order valence-electron chi connectivity index (χ1n) is 7.44. The number of hydrogen-bond donors (Lipinski definition) is 1. The first-order chi connectivity index (χ1) is 11.3. The maximum absolute atomic E-state index is 12.3. The molecule has 1 N–H and O–H groups in total. The highest BCUT2D eigenvalue weighted by molar-refractivity contribution is 7.52. The van der Waals surface area contributed by atoms with Gasteiger partial charge in [-0.2, -0.15) is 0 Å². The molecule has 0 spiro atoms. The minimum atomic E-state index is -3.16. The van der Waals surface area contributed by atoms with E-state index in [1.165, 1.54) is 21.3 Å². The molecule has 0 unspecified atom stereocenters. The van der Waals surface area contributed by atoms with Crippen LogP contribution in [0.1, 0.15) is 29.8 Å². The van der Waals surface area contributed by atoms with Gasteiger partial charge in [0, 0.05) is 19.8 Å². The van der Waals surface area contributed by atoms with Crippen LogP contribution in [0.15, 0.2) is 24.3 Å². The van der Waals surface area contributed by atoms with Crippen LogP contribution in [0, 0.1) is 5.92 Å². The molecule has 8 heteroatoms. The van der Waals surface area contributed by atoms with E-state index in [4.69, 9.17) is 13.8 Å². The lowest BCUT2D eigenvalue weighted by Crippen LogP contribution is -2.45. The lowest BCUT2D eigenvalue weighted by molar-refractivity contribution is -0.144. The molecule has 134 valence electrons. The van der Waals surface area contributed by atoms with Gasteiger partial charge in [0.2, 0.25) is 0 Å². The summed E-state index contributed by atoms with van der Waals surface area (Å²) in [5, 5.41) is 2.66. The number of benzene rings is 1. The van der Waals surface area contributed by atoms with E-state index < -0.39 is 19.6 Å². The van der Waals surface area contributed by atoms with Gasteiger partial charge < -0.3 is 19.1 Å². The number of carbonyl (C=O) groups excluding carboxylic acids is 2. The molecule has 1 aromatic carbocycles. The molecule has 1 rings (SSSR count). The van der Waals surface area contributed by atoms with Gasteiger partial charge >= 0.3 is 13.6 Å². The molecule has 0 aliphatic rings. The lowest BCUT2D eigenvalue weighted by atomic mass is 10.0. The van der Waals surface area contributed by atoms with Crippen molar-refractivity contribution in [2.45, 2.75) is 26.1 Å². The topological polar surface area (TPSA) is 90.9 Å². The van der Waals surface area contributed by atoms with Crippen molar-refractivity contribution in [2.75, 3.05) is 21.3 Å². The van der Waals surface area contributed by atoms with Crippen LogP contribution >= 0.6 is 7.60 Å². The average Bonchev–Trinajstić information content (AvgIpc) is 2.59. The highest BCUT2D eigenvalue weighted by Gasteiger charge is 2.26. The van der Waals surface area contributed by atoms with Gasteiger partial charge in [0.05, 0.1) is 13.3 Å². The van der Waals surface area contributed by atoms with Gasteiger partial charge in [0.1, 0.15) is 6.04 Å². The van der Waals surface area contributed by atoms with Crippen LogP contribution in [0.4, 0.5) is 0 Å². The fraction of sp³-hybridized carbons (Fsp3) is 0.500. The van der Waals surface area contributed by atoms with E-state index in [9.17, 15) is 14.2 Å². The van der Waals surface area contributed by atoms with Gasteiger partial charge in [-0.1, -0.05) is 26.0 Å². The molecule has 0 aliphatic heterocycles. The Kier molecular flexibility index (Phi) is 7.60. The zero-order chi connectivity index (χ0) is 18.3. The predicted octanol–water partition coefficient (Wildman–Crippen LogP) is 2.60. The van der Waals surface area contributed by atoms with Crippen LogP contribution in [-0.4, -0.2) is 39.2 Å². The summed E-state index contributed by atoms with van der Waals surface area (Å²) in [6.45, 7) is 3.63. The molecule has 0 radical (unpaired) electrons. The van der Waals surface area contributed by atoms with Crippen molar-refractivity contribution in [3.05, 3.63) is 35.4 Å². The second-order valence-electron chi connectivity index (χ2n) is 5.55. The van der Waals surface area contributed by atoms with Crippen LogP contribution in [0.3, 0.4) is 0 Å². The first kappa shape index (κ1) is 20.4. The summed E-state index contributed by atoms with van der Waals surface area (Å²) < 4.78 is 26.6. The van der Waals surface area contributed by atoms with Gasteiger partial charge in [0.15, 0.2) is 0 Å². The van der Waals surface area contributed by atoms with E-state index in [-0.39, 0.29) is 18.0 Å². The minimum absolute atomic E-state index is 0.102. The number of esters is 1. The number of ether oxygens (including phenoxy) is 1. The summed E-state index contributed by atoms with van der Waals surface area (Å²) in [7, 11) is 0.773. The summed E-state index contributed by atoms with van der Waals surface area (Å²) in [4.78, 5) is 24.0. The third-order valence-electron chi connectivity index (χ3n) is 3.56. The van der Waals surface area contributed by atoms with Crippen molar-refractivity contribution in [3.63, 3.8) is 0 Å². The molecule has 7 nitrogen and oxygen atoms in total. The SMILES string of the molecule is COC(=O)[C@@H](NC(=O)c1ccc(CP(=O)(OC)OC)cc1)C(C)C. The molecular weight excluding hydrogens is 333 g/mol. The number of methoxy groups -OCH3 is 1. The number of carbonyl (C=O) groups is 2. The molecule has 1 amide bonds. The zero-order valence-electron chi connectivity index (χ0n) is 14.6. The van der Waals surface area contributed by atoms with Crippen LogP contribution < -0.4 is 5.32 Å². The quantitative estimate of drug-likeness (QED) is 0.568. The molecule has 0 saturated heterocycles. The van der Waals surface area contributed by atoms with Gasteiger partial charge in [-0.3, -0.25) is 9.36 Å². The van der Waals surface area contributed by atoms with Gasteiger partial charge in [-0.15, -0.1) is 0 Å². The van der Waals surface area contributed by atoms with Crippen LogP contribution in [0.25, 0.3) is 0 Å². The van der Waals surface area contributed by atoms with E-state index in [0.717, 1.165) is 0 Å². The number of hydrogen-bond acceptors (Lipinski definition) is 6. The summed E-state index contributed by atoms with van der Waals surface area (Å²) in [6.07, 6.45) is 0.110. The number of nitrogens with one attached hydrogen (secondary N) is 1. The molecule has 1 atom stereocenters. The van der Waals surface area contributed by atoms with E-state index in [1.54, 1.807) is 24.3 Å². The maximum Gasteiger partial charge on any atom is 0.334 e. The first-order valence-corrected chi connectivity index (χ1v) is 9.17. The minimum Gasteiger partial charge on any atom is -0.467 e. The van der Waals surface area contributed by atoms with Crippen LogP contribution in [-0.2, 0) is 29.3 Å². The molecule has 0 saturated carbocycles. The Balaban J connectivity index is 2.83. The average molecular weight is 357 g/mol. The summed E-state index contributed by atoms with van der Waals surface area (Å²) in [6, 6.07) is 5.80. The molecule has 0 fully saturated rings. The highest BCUT2D eigenvalue weighted by atomic mass is 31.2. The number of amides is 1. The van der Waals surface area contributed by atoms with Crippen LogP contribution in [0.5, 0.6) is 0 Å². The summed E-state index contributed by atoms with van der Waals surface area (Å²) >= 11 is 0. The fourth-order valence-electron chi connectivity index (χ4n) is 2.04. The monoisotopic (exact) mass is 357 g/mol. The Morgan fingerprint density at radius 2 is 1.62 bits per heavy atom.